The predicted octanol–water partition coefficient (Wildman–Crippen LogP) is 3.69. The smallest absolute Gasteiger partial charge is 0.223 e. The van der Waals surface area contributed by atoms with Gasteiger partial charge in [0.05, 0.1) is 13.0 Å². The molecule has 1 amide bonds. The van der Waals surface area contributed by atoms with Crippen molar-refractivity contribution in [3.8, 4) is 23.0 Å². The highest BCUT2D eigenvalue weighted by Gasteiger charge is 2.14. The van der Waals surface area contributed by atoms with Gasteiger partial charge in [-0.2, -0.15) is 0 Å². The van der Waals surface area contributed by atoms with Gasteiger partial charge in [0, 0.05) is 6.04 Å². The molecule has 4 rings (SSSR count). The van der Waals surface area contributed by atoms with Crippen LogP contribution in [0.3, 0.4) is 0 Å². The van der Waals surface area contributed by atoms with E-state index in [9.17, 15) is 9.90 Å². The normalized spacial score (nSPS) is 16.2. The lowest BCUT2D eigenvalue weighted by Gasteiger charge is -2.20. The van der Waals surface area contributed by atoms with Gasteiger partial charge in [-0.1, -0.05) is 13.0 Å². The minimum atomic E-state index is -0.0613. The van der Waals surface area contributed by atoms with Crippen LogP contribution in [0.4, 0.5) is 0 Å². The Kier molecular flexibility index (Phi) is 9.69. The van der Waals surface area contributed by atoms with Crippen molar-refractivity contribution in [2.45, 2.75) is 45.6 Å². The molecule has 3 N–H and O–H groups in total. The Bertz CT molecular complexity index is 865. The number of carbonyl (C=O) groups is 1. The second-order valence-electron chi connectivity index (χ2n) is 8.68. The van der Waals surface area contributed by atoms with Gasteiger partial charge in [0.1, 0.15) is 24.7 Å². The van der Waals surface area contributed by atoms with Crippen molar-refractivity contribution in [3.05, 3.63) is 48.0 Å². The van der Waals surface area contributed by atoms with Crippen molar-refractivity contribution in [2.75, 3.05) is 32.9 Å². The average molecular weight is 457 g/mol. The zero-order valence-electron chi connectivity index (χ0n) is 19.6. The van der Waals surface area contributed by atoms with Crippen LogP contribution in [0.25, 0.3) is 0 Å². The van der Waals surface area contributed by atoms with Crippen LogP contribution in [0.1, 0.15) is 38.7 Å². The van der Waals surface area contributed by atoms with Gasteiger partial charge in [0.15, 0.2) is 11.5 Å². The SMILES string of the molecule is CC1CCNCC1.C[C@H](Cc1ccc2c(c1)OCCO2)NC(=O)CCOc1ccc(O)cc1. The van der Waals surface area contributed by atoms with Gasteiger partial charge in [-0.15, -0.1) is 0 Å². The molecule has 0 aliphatic carbocycles. The van der Waals surface area contributed by atoms with E-state index < -0.39 is 0 Å². The molecule has 1 saturated heterocycles. The largest absolute Gasteiger partial charge is 0.508 e. The molecule has 0 unspecified atom stereocenters. The van der Waals surface area contributed by atoms with E-state index >= 15 is 0 Å². The monoisotopic (exact) mass is 456 g/mol. The molecule has 0 radical (unpaired) electrons. The van der Waals surface area contributed by atoms with Gasteiger partial charge in [-0.05, 0) is 87.2 Å². The maximum Gasteiger partial charge on any atom is 0.223 e. The number of ether oxygens (including phenoxy) is 3. The van der Waals surface area contributed by atoms with E-state index in [1.807, 2.05) is 25.1 Å². The number of fused-ring (bicyclic) bond motifs is 1. The van der Waals surface area contributed by atoms with Gasteiger partial charge >= 0.3 is 0 Å². The van der Waals surface area contributed by atoms with Crippen LogP contribution in [0.5, 0.6) is 23.0 Å². The van der Waals surface area contributed by atoms with E-state index in [2.05, 4.69) is 17.6 Å². The number of carbonyl (C=O) groups excluding carboxylic acids is 1. The van der Waals surface area contributed by atoms with E-state index in [1.54, 1.807) is 24.3 Å². The number of phenolic OH excluding ortho intramolecular Hbond substituents is 1. The molecular formula is C26H36N2O5. The number of benzene rings is 2. The molecule has 1 fully saturated rings. The molecule has 2 aromatic carbocycles. The lowest BCUT2D eigenvalue weighted by Crippen LogP contribution is -2.34. The first-order chi connectivity index (χ1) is 16.0. The first-order valence-electron chi connectivity index (χ1n) is 11.8. The zero-order chi connectivity index (χ0) is 23.5. The van der Waals surface area contributed by atoms with E-state index in [0.717, 1.165) is 23.0 Å². The van der Waals surface area contributed by atoms with Gasteiger partial charge in [-0.25, -0.2) is 0 Å². The molecule has 0 bridgehead atoms. The lowest BCUT2D eigenvalue weighted by atomic mass is 10.0. The summed E-state index contributed by atoms with van der Waals surface area (Å²) in [7, 11) is 0. The first kappa shape index (κ1) is 24.7. The van der Waals surface area contributed by atoms with Crippen LogP contribution in [-0.2, 0) is 11.2 Å². The van der Waals surface area contributed by atoms with Crippen LogP contribution >= 0.6 is 0 Å². The van der Waals surface area contributed by atoms with Crippen LogP contribution < -0.4 is 24.8 Å². The fraction of sp³-hybridized carbons (Fsp3) is 0.500. The number of phenols is 1. The third-order valence-corrected chi connectivity index (χ3v) is 5.62. The van der Waals surface area contributed by atoms with Gasteiger partial charge < -0.3 is 30.0 Å². The molecule has 7 heteroatoms. The quantitative estimate of drug-likeness (QED) is 0.589. The molecule has 0 saturated carbocycles. The van der Waals surface area contributed by atoms with Crippen LogP contribution in [0, 0.1) is 5.92 Å². The minimum Gasteiger partial charge on any atom is -0.508 e. The summed E-state index contributed by atoms with van der Waals surface area (Å²) in [6.45, 7) is 8.18. The molecule has 2 aliphatic heterocycles. The molecule has 2 aromatic rings. The number of aromatic hydroxyl groups is 1. The van der Waals surface area contributed by atoms with E-state index in [0.29, 0.717) is 25.4 Å². The average Bonchev–Trinajstić information content (AvgIpc) is 2.81. The second kappa shape index (κ2) is 12.9. The summed E-state index contributed by atoms with van der Waals surface area (Å²) in [5.41, 5.74) is 1.09. The third kappa shape index (κ3) is 8.85. The Balaban J connectivity index is 0.000000374. The number of rotatable bonds is 7. The zero-order valence-corrected chi connectivity index (χ0v) is 19.6. The molecule has 2 aliphatic rings. The standard InChI is InChI=1S/C20H23NO5.C6H13N/c1-14(12-15-2-7-18-19(13-15)26-11-10-25-18)21-20(23)8-9-24-17-5-3-16(22)4-6-17;1-6-2-4-7-5-3-6/h2-7,13-14,22H,8-12H2,1H3,(H,21,23);6-7H,2-5H2,1H3/t14-;/m1./s1. The van der Waals surface area contributed by atoms with Crippen LogP contribution in [0.2, 0.25) is 0 Å². The number of hydrogen-bond donors (Lipinski definition) is 3. The Morgan fingerprint density at radius 2 is 1.82 bits per heavy atom. The Labute approximate surface area is 196 Å². The summed E-state index contributed by atoms with van der Waals surface area (Å²) < 4.78 is 16.6. The van der Waals surface area contributed by atoms with E-state index in [-0.39, 0.29) is 30.7 Å². The number of nitrogens with one attached hydrogen (secondary N) is 2. The van der Waals surface area contributed by atoms with Crippen molar-refractivity contribution in [1.29, 1.82) is 0 Å². The van der Waals surface area contributed by atoms with Crippen molar-refractivity contribution < 1.29 is 24.1 Å². The molecule has 180 valence electrons. The number of amides is 1. The summed E-state index contributed by atoms with van der Waals surface area (Å²) in [4.78, 5) is 12.0. The highest BCUT2D eigenvalue weighted by molar-refractivity contribution is 5.76. The summed E-state index contributed by atoms with van der Waals surface area (Å²) in [6, 6.07) is 12.3. The van der Waals surface area contributed by atoms with Crippen LogP contribution in [0.15, 0.2) is 42.5 Å². The van der Waals surface area contributed by atoms with E-state index in [4.69, 9.17) is 14.2 Å². The maximum atomic E-state index is 12.0. The number of piperidine rings is 1. The summed E-state index contributed by atoms with van der Waals surface area (Å²) in [5.74, 6) is 3.25. The molecule has 0 aromatic heterocycles. The molecule has 1 atom stereocenters. The van der Waals surface area contributed by atoms with E-state index in [1.165, 1.54) is 25.9 Å². The summed E-state index contributed by atoms with van der Waals surface area (Å²) in [6.07, 6.45) is 3.73. The Morgan fingerprint density at radius 1 is 1.12 bits per heavy atom. The Morgan fingerprint density at radius 3 is 2.48 bits per heavy atom. The van der Waals surface area contributed by atoms with Gasteiger partial charge in [-0.3, -0.25) is 4.79 Å². The second-order valence-corrected chi connectivity index (χ2v) is 8.68. The number of hydrogen-bond acceptors (Lipinski definition) is 6. The fourth-order valence-corrected chi connectivity index (χ4v) is 3.74. The highest BCUT2D eigenvalue weighted by atomic mass is 16.6. The van der Waals surface area contributed by atoms with Gasteiger partial charge in [0.2, 0.25) is 5.91 Å². The minimum absolute atomic E-state index is 0.00117. The van der Waals surface area contributed by atoms with Crippen molar-refractivity contribution in [3.63, 3.8) is 0 Å². The predicted molar refractivity (Wildman–Crippen MR) is 128 cm³/mol. The summed E-state index contributed by atoms with van der Waals surface area (Å²) in [5, 5.41) is 15.5. The molecule has 2 heterocycles. The third-order valence-electron chi connectivity index (χ3n) is 5.62. The van der Waals surface area contributed by atoms with Crippen molar-refractivity contribution >= 4 is 5.91 Å². The molecule has 0 spiro atoms. The topological polar surface area (TPSA) is 89.0 Å². The Hall–Kier alpha value is -2.93. The van der Waals surface area contributed by atoms with Gasteiger partial charge in [0.25, 0.3) is 0 Å². The van der Waals surface area contributed by atoms with Crippen molar-refractivity contribution in [1.82, 2.24) is 10.6 Å². The summed E-state index contributed by atoms with van der Waals surface area (Å²) >= 11 is 0. The maximum absolute atomic E-state index is 12.0. The van der Waals surface area contributed by atoms with Crippen molar-refractivity contribution in [2.24, 2.45) is 5.92 Å². The lowest BCUT2D eigenvalue weighted by molar-refractivity contribution is -0.122. The molecular weight excluding hydrogens is 420 g/mol. The molecule has 7 nitrogen and oxygen atoms in total. The first-order valence-corrected chi connectivity index (χ1v) is 11.8. The highest BCUT2D eigenvalue weighted by Crippen LogP contribution is 2.31. The van der Waals surface area contributed by atoms with Crippen LogP contribution in [-0.4, -0.2) is 50.0 Å². The fourth-order valence-electron chi connectivity index (χ4n) is 3.74. The molecule has 33 heavy (non-hydrogen) atoms.